The first-order chi connectivity index (χ1) is 10.7. The Labute approximate surface area is 145 Å². The summed E-state index contributed by atoms with van der Waals surface area (Å²) in [7, 11) is 0. The number of hydrogen-bond acceptors (Lipinski definition) is 2. The SMILES string of the molecule is CC1(C)CC2CC(C)(CN2C(=O)C(=O)Nc2ccccc2Br)C1. The molecular formula is C18H23BrN2O2. The van der Waals surface area contributed by atoms with E-state index in [1.54, 1.807) is 11.0 Å². The van der Waals surface area contributed by atoms with Crippen molar-refractivity contribution in [3.8, 4) is 0 Å². The number of benzene rings is 1. The first-order valence-corrected chi connectivity index (χ1v) is 8.85. The van der Waals surface area contributed by atoms with Gasteiger partial charge in [-0.1, -0.05) is 32.9 Å². The molecule has 1 aromatic carbocycles. The standard InChI is InChI=1S/C18H23BrN2O2/c1-17(2)8-12-9-18(3,10-17)11-21(12)16(23)15(22)20-14-7-5-4-6-13(14)19/h4-7,12H,8-11H2,1-3H3,(H,20,22). The first kappa shape index (κ1) is 16.5. The molecule has 1 heterocycles. The Bertz CT molecular complexity index is 658. The maximum absolute atomic E-state index is 12.7. The molecule has 124 valence electrons. The van der Waals surface area contributed by atoms with Crippen LogP contribution in [0.2, 0.25) is 0 Å². The van der Waals surface area contributed by atoms with E-state index in [0.717, 1.165) is 23.7 Å². The molecule has 0 spiro atoms. The van der Waals surface area contributed by atoms with E-state index in [4.69, 9.17) is 0 Å². The Morgan fingerprint density at radius 1 is 1.22 bits per heavy atom. The summed E-state index contributed by atoms with van der Waals surface area (Å²) in [6.07, 6.45) is 3.08. The van der Waals surface area contributed by atoms with E-state index in [2.05, 4.69) is 42.0 Å². The quantitative estimate of drug-likeness (QED) is 0.755. The summed E-state index contributed by atoms with van der Waals surface area (Å²) in [4.78, 5) is 26.8. The third-order valence-corrected chi connectivity index (χ3v) is 5.68. The Balaban J connectivity index is 1.74. The van der Waals surface area contributed by atoms with Crippen molar-refractivity contribution in [2.24, 2.45) is 10.8 Å². The molecule has 2 amide bonds. The molecule has 1 saturated carbocycles. The molecule has 4 nitrogen and oxygen atoms in total. The number of fused-ring (bicyclic) bond motifs is 2. The predicted octanol–water partition coefficient (Wildman–Crippen LogP) is 3.81. The van der Waals surface area contributed by atoms with Crippen molar-refractivity contribution in [1.82, 2.24) is 4.90 Å². The molecule has 1 aliphatic heterocycles. The van der Waals surface area contributed by atoms with Crippen LogP contribution in [-0.4, -0.2) is 29.3 Å². The van der Waals surface area contributed by atoms with Crippen LogP contribution in [0.1, 0.15) is 40.0 Å². The number of rotatable bonds is 1. The highest BCUT2D eigenvalue weighted by Gasteiger charge is 2.51. The Kier molecular flexibility index (Phi) is 4.03. The second-order valence-electron chi connectivity index (χ2n) is 8.08. The van der Waals surface area contributed by atoms with E-state index in [1.807, 2.05) is 18.2 Å². The van der Waals surface area contributed by atoms with Crippen molar-refractivity contribution >= 4 is 33.4 Å². The molecule has 2 unspecified atom stereocenters. The van der Waals surface area contributed by atoms with Gasteiger partial charge in [-0.15, -0.1) is 0 Å². The Morgan fingerprint density at radius 3 is 2.61 bits per heavy atom. The zero-order chi connectivity index (χ0) is 16.8. The second kappa shape index (κ2) is 5.62. The molecular weight excluding hydrogens is 356 g/mol. The molecule has 2 fully saturated rings. The average molecular weight is 379 g/mol. The lowest BCUT2D eigenvalue weighted by Crippen LogP contribution is -2.43. The maximum Gasteiger partial charge on any atom is 0.313 e. The number of carbonyl (C=O) groups excluding carboxylic acids is 2. The van der Waals surface area contributed by atoms with Gasteiger partial charge < -0.3 is 10.2 Å². The summed E-state index contributed by atoms with van der Waals surface area (Å²) in [6, 6.07) is 7.50. The van der Waals surface area contributed by atoms with Crippen LogP contribution in [0.4, 0.5) is 5.69 Å². The van der Waals surface area contributed by atoms with Crippen LogP contribution in [0.3, 0.4) is 0 Å². The van der Waals surface area contributed by atoms with E-state index in [9.17, 15) is 9.59 Å². The van der Waals surface area contributed by atoms with Crippen molar-refractivity contribution in [2.45, 2.75) is 46.1 Å². The highest BCUT2D eigenvalue weighted by atomic mass is 79.9. The number of carbonyl (C=O) groups is 2. The normalized spacial score (nSPS) is 28.5. The largest absolute Gasteiger partial charge is 0.331 e. The van der Waals surface area contributed by atoms with Crippen molar-refractivity contribution < 1.29 is 9.59 Å². The summed E-state index contributed by atoms with van der Waals surface area (Å²) in [5.74, 6) is -0.960. The third-order valence-electron chi connectivity index (χ3n) is 4.99. The molecule has 1 aromatic rings. The molecule has 5 heteroatoms. The van der Waals surface area contributed by atoms with Gasteiger partial charge in [0.1, 0.15) is 0 Å². The lowest BCUT2D eigenvalue weighted by molar-refractivity contribution is -0.144. The van der Waals surface area contributed by atoms with Crippen LogP contribution in [0, 0.1) is 10.8 Å². The minimum Gasteiger partial charge on any atom is -0.331 e. The van der Waals surface area contributed by atoms with Crippen LogP contribution in [0.5, 0.6) is 0 Å². The number of amides is 2. The monoisotopic (exact) mass is 378 g/mol. The smallest absolute Gasteiger partial charge is 0.313 e. The molecule has 0 aromatic heterocycles. The lowest BCUT2D eigenvalue weighted by atomic mass is 9.65. The van der Waals surface area contributed by atoms with E-state index in [-0.39, 0.29) is 16.9 Å². The van der Waals surface area contributed by atoms with Gasteiger partial charge in [0.25, 0.3) is 0 Å². The number of nitrogens with zero attached hydrogens (tertiary/aromatic N) is 1. The fourth-order valence-corrected chi connectivity index (χ4v) is 4.95. The van der Waals surface area contributed by atoms with E-state index in [0.29, 0.717) is 12.2 Å². The summed E-state index contributed by atoms with van der Waals surface area (Å²) < 4.78 is 0.773. The Morgan fingerprint density at radius 2 is 1.91 bits per heavy atom. The van der Waals surface area contributed by atoms with Crippen LogP contribution >= 0.6 is 15.9 Å². The number of nitrogens with one attached hydrogen (secondary N) is 1. The van der Waals surface area contributed by atoms with Gasteiger partial charge in [-0.25, -0.2) is 0 Å². The van der Waals surface area contributed by atoms with Gasteiger partial charge in [-0.2, -0.15) is 0 Å². The average Bonchev–Trinajstić information content (AvgIpc) is 2.69. The lowest BCUT2D eigenvalue weighted by Gasteiger charge is -2.39. The fraction of sp³-hybridized carbons (Fsp3) is 0.556. The van der Waals surface area contributed by atoms with Crippen LogP contribution < -0.4 is 5.32 Å². The summed E-state index contributed by atoms with van der Waals surface area (Å²) >= 11 is 3.39. The van der Waals surface area contributed by atoms with Crippen molar-refractivity contribution in [1.29, 1.82) is 0 Å². The highest BCUT2D eigenvalue weighted by molar-refractivity contribution is 9.10. The first-order valence-electron chi connectivity index (χ1n) is 8.06. The van der Waals surface area contributed by atoms with Crippen molar-refractivity contribution in [3.63, 3.8) is 0 Å². The van der Waals surface area contributed by atoms with Crippen LogP contribution in [0.25, 0.3) is 0 Å². The zero-order valence-electron chi connectivity index (χ0n) is 13.9. The van der Waals surface area contributed by atoms with Gasteiger partial charge in [-0.05, 0) is 58.2 Å². The molecule has 1 saturated heterocycles. The Hall–Kier alpha value is -1.36. The van der Waals surface area contributed by atoms with Crippen molar-refractivity contribution in [3.05, 3.63) is 28.7 Å². The van der Waals surface area contributed by atoms with E-state index in [1.165, 1.54) is 0 Å². The second-order valence-corrected chi connectivity index (χ2v) is 8.94. The van der Waals surface area contributed by atoms with Gasteiger partial charge in [-0.3, -0.25) is 9.59 Å². The van der Waals surface area contributed by atoms with Gasteiger partial charge in [0.15, 0.2) is 0 Å². The highest BCUT2D eigenvalue weighted by Crippen LogP contribution is 2.52. The minimum atomic E-state index is -0.550. The summed E-state index contributed by atoms with van der Waals surface area (Å²) in [6.45, 7) is 7.43. The zero-order valence-corrected chi connectivity index (χ0v) is 15.4. The van der Waals surface area contributed by atoms with E-state index >= 15 is 0 Å². The van der Waals surface area contributed by atoms with Crippen molar-refractivity contribution in [2.75, 3.05) is 11.9 Å². The number of anilines is 1. The summed E-state index contributed by atoms with van der Waals surface area (Å²) in [5, 5.41) is 2.72. The van der Waals surface area contributed by atoms with Gasteiger partial charge in [0.05, 0.1) is 5.69 Å². The maximum atomic E-state index is 12.7. The molecule has 3 rings (SSSR count). The molecule has 2 aliphatic rings. The number of likely N-dealkylation sites (tertiary alicyclic amines) is 1. The van der Waals surface area contributed by atoms with Gasteiger partial charge >= 0.3 is 11.8 Å². The minimum absolute atomic E-state index is 0.135. The number of halogens is 1. The van der Waals surface area contributed by atoms with E-state index < -0.39 is 11.8 Å². The topological polar surface area (TPSA) is 49.4 Å². The van der Waals surface area contributed by atoms with Crippen LogP contribution in [-0.2, 0) is 9.59 Å². The van der Waals surface area contributed by atoms with Gasteiger partial charge in [0.2, 0.25) is 0 Å². The molecule has 1 N–H and O–H groups in total. The molecule has 2 bridgehead atoms. The molecule has 23 heavy (non-hydrogen) atoms. The summed E-state index contributed by atoms with van der Waals surface area (Å²) in [5.41, 5.74) is 0.987. The number of hydrogen-bond donors (Lipinski definition) is 1. The molecule has 0 radical (unpaired) electrons. The van der Waals surface area contributed by atoms with Crippen LogP contribution in [0.15, 0.2) is 28.7 Å². The fourth-order valence-electron chi connectivity index (χ4n) is 4.57. The molecule has 1 aliphatic carbocycles. The van der Waals surface area contributed by atoms with Gasteiger partial charge in [0, 0.05) is 17.1 Å². The predicted molar refractivity (Wildman–Crippen MR) is 94.0 cm³/mol. The third kappa shape index (κ3) is 3.30. The molecule has 2 atom stereocenters. The number of para-hydroxylation sites is 1.